The second-order valence-corrected chi connectivity index (χ2v) is 5.22. The number of piperazine rings is 1. The third-order valence-corrected chi connectivity index (χ3v) is 3.56. The molecule has 0 bridgehead atoms. The average Bonchev–Trinajstić information content (AvgIpc) is 2.41. The standard InChI is InChI=1S/C12H18ClN5O2/c1-16-6-8-17(9-7-16)5-4-14-12-10(18(19)20)2-3-11(13)15-12/h2-3H,4-9H2,1H3,(H,14,15). The Morgan fingerprint density at radius 3 is 2.75 bits per heavy atom. The molecule has 1 aromatic rings. The minimum atomic E-state index is -0.457. The zero-order valence-electron chi connectivity index (χ0n) is 11.4. The predicted octanol–water partition coefficient (Wildman–Crippen LogP) is 1.30. The average molecular weight is 300 g/mol. The number of pyridine rings is 1. The van der Waals surface area contributed by atoms with Gasteiger partial charge < -0.3 is 10.2 Å². The third kappa shape index (κ3) is 4.03. The summed E-state index contributed by atoms with van der Waals surface area (Å²) in [6.45, 7) is 5.58. The molecule has 0 saturated carbocycles. The lowest BCUT2D eigenvalue weighted by molar-refractivity contribution is -0.384. The second-order valence-electron chi connectivity index (χ2n) is 4.83. The molecule has 2 heterocycles. The van der Waals surface area contributed by atoms with Crippen LogP contribution in [0.25, 0.3) is 0 Å². The number of anilines is 1. The van der Waals surface area contributed by atoms with Gasteiger partial charge in [0, 0.05) is 45.3 Å². The van der Waals surface area contributed by atoms with Gasteiger partial charge in [-0.15, -0.1) is 0 Å². The molecule has 0 spiro atoms. The van der Waals surface area contributed by atoms with E-state index < -0.39 is 4.92 Å². The minimum Gasteiger partial charge on any atom is -0.363 e. The zero-order valence-corrected chi connectivity index (χ0v) is 12.1. The van der Waals surface area contributed by atoms with Gasteiger partial charge in [-0.05, 0) is 13.1 Å². The molecular formula is C12H18ClN5O2. The summed E-state index contributed by atoms with van der Waals surface area (Å²) in [4.78, 5) is 19.0. The molecule has 1 aromatic heterocycles. The quantitative estimate of drug-likeness (QED) is 0.502. The van der Waals surface area contributed by atoms with Crippen LogP contribution >= 0.6 is 11.6 Å². The smallest absolute Gasteiger partial charge is 0.311 e. The number of halogens is 1. The van der Waals surface area contributed by atoms with E-state index in [9.17, 15) is 10.1 Å². The summed E-state index contributed by atoms with van der Waals surface area (Å²) in [6.07, 6.45) is 0. The molecule has 1 aliphatic rings. The van der Waals surface area contributed by atoms with E-state index in [1.165, 1.54) is 12.1 Å². The number of hydrogen-bond donors (Lipinski definition) is 1. The topological polar surface area (TPSA) is 74.5 Å². The first-order valence-corrected chi connectivity index (χ1v) is 6.90. The Kier molecular flexibility index (Phi) is 5.11. The molecule has 1 aliphatic heterocycles. The summed E-state index contributed by atoms with van der Waals surface area (Å²) in [5, 5.41) is 14.1. The maximum absolute atomic E-state index is 10.9. The number of nitrogens with one attached hydrogen (secondary N) is 1. The van der Waals surface area contributed by atoms with Gasteiger partial charge in [0.25, 0.3) is 0 Å². The monoisotopic (exact) mass is 299 g/mol. The molecule has 7 nitrogen and oxygen atoms in total. The van der Waals surface area contributed by atoms with Crippen LogP contribution in [0.2, 0.25) is 5.15 Å². The summed E-state index contributed by atoms with van der Waals surface area (Å²) in [5.41, 5.74) is -0.0484. The molecular weight excluding hydrogens is 282 g/mol. The van der Waals surface area contributed by atoms with Crippen molar-refractivity contribution in [2.24, 2.45) is 0 Å². The lowest BCUT2D eigenvalue weighted by Crippen LogP contribution is -2.45. The Bertz CT molecular complexity index is 477. The number of rotatable bonds is 5. The summed E-state index contributed by atoms with van der Waals surface area (Å²) < 4.78 is 0. The molecule has 2 rings (SSSR count). The Morgan fingerprint density at radius 1 is 1.40 bits per heavy atom. The van der Waals surface area contributed by atoms with Crippen molar-refractivity contribution in [3.63, 3.8) is 0 Å². The van der Waals surface area contributed by atoms with Crippen LogP contribution < -0.4 is 5.32 Å². The number of nitro groups is 1. The van der Waals surface area contributed by atoms with Crippen LogP contribution in [-0.4, -0.2) is 66.0 Å². The molecule has 110 valence electrons. The van der Waals surface area contributed by atoms with Gasteiger partial charge in [-0.3, -0.25) is 15.0 Å². The Morgan fingerprint density at radius 2 is 2.10 bits per heavy atom. The summed E-state index contributed by atoms with van der Waals surface area (Å²) in [5.74, 6) is 0.233. The van der Waals surface area contributed by atoms with Crippen LogP contribution in [0.3, 0.4) is 0 Å². The largest absolute Gasteiger partial charge is 0.363 e. The van der Waals surface area contributed by atoms with Crippen molar-refractivity contribution in [1.82, 2.24) is 14.8 Å². The number of hydrogen-bond acceptors (Lipinski definition) is 6. The lowest BCUT2D eigenvalue weighted by atomic mass is 10.3. The Balaban J connectivity index is 1.87. The maximum atomic E-state index is 10.9. The van der Waals surface area contributed by atoms with Crippen molar-refractivity contribution in [3.05, 3.63) is 27.4 Å². The van der Waals surface area contributed by atoms with Crippen molar-refractivity contribution in [2.45, 2.75) is 0 Å². The van der Waals surface area contributed by atoms with E-state index in [4.69, 9.17) is 11.6 Å². The van der Waals surface area contributed by atoms with Gasteiger partial charge in [0.1, 0.15) is 5.15 Å². The first-order valence-electron chi connectivity index (χ1n) is 6.52. The van der Waals surface area contributed by atoms with Crippen molar-refractivity contribution < 1.29 is 4.92 Å². The maximum Gasteiger partial charge on any atom is 0.311 e. The molecule has 0 radical (unpaired) electrons. The number of likely N-dealkylation sites (N-methyl/N-ethyl adjacent to an activating group) is 1. The zero-order chi connectivity index (χ0) is 14.5. The van der Waals surface area contributed by atoms with Crippen LogP contribution in [0.15, 0.2) is 12.1 Å². The van der Waals surface area contributed by atoms with Crippen molar-refractivity contribution in [3.8, 4) is 0 Å². The van der Waals surface area contributed by atoms with Crippen LogP contribution in [-0.2, 0) is 0 Å². The fourth-order valence-electron chi connectivity index (χ4n) is 2.11. The summed E-state index contributed by atoms with van der Waals surface area (Å²) in [7, 11) is 2.11. The fraction of sp³-hybridized carbons (Fsp3) is 0.583. The van der Waals surface area contributed by atoms with Crippen LogP contribution in [0.4, 0.5) is 11.5 Å². The van der Waals surface area contributed by atoms with Crippen LogP contribution in [0.1, 0.15) is 0 Å². The summed E-state index contributed by atoms with van der Waals surface area (Å²) >= 11 is 5.78. The summed E-state index contributed by atoms with van der Waals surface area (Å²) in [6, 6.07) is 2.79. The SMILES string of the molecule is CN1CCN(CCNc2nc(Cl)ccc2[N+](=O)[O-])CC1. The predicted molar refractivity (Wildman–Crippen MR) is 78.3 cm³/mol. The number of nitrogens with zero attached hydrogens (tertiary/aromatic N) is 4. The van der Waals surface area contributed by atoms with Gasteiger partial charge in [-0.1, -0.05) is 11.6 Å². The van der Waals surface area contributed by atoms with Crippen LogP contribution in [0, 0.1) is 10.1 Å². The normalized spacial score (nSPS) is 17.1. The fourth-order valence-corrected chi connectivity index (χ4v) is 2.26. The molecule has 20 heavy (non-hydrogen) atoms. The molecule has 1 saturated heterocycles. The highest BCUT2D eigenvalue weighted by atomic mass is 35.5. The molecule has 1 N–H and O–H groups in total. The van der Waals surface area contributed by atoms with E-state index in [2.05, 4.69) is 27.1 Å². The number of aromatic nitrogens is 1. The molecule has 0 amide bonds. The van der Waals surface area contributed by atoms with Crippen molar-refractivity contribution >= 4 is 23.1 Å². The third-order valence-electron chi connectivity index (χ3n) is 3.35. The molecule has 0 unspecified atom stereocenters. The van der Waals surface area contributed by atoms with E-state index in [0.29, 0.717) is 6.54 Å². The highest BCUT2D eigenvalue weighted by molar-refractivity contribution is 6.29. The van der Waals surface area contributed by atoms with Gasteiger partial charge in [0.2, 0.25) is 5.82 Å². The van der Waals surface area contributed by atoms with Gasteiger partial charge >= 0.3 is 5.69 Å². The molecule has 0 aliphatic carbocycles. The molecule has 1 fully saturated rings. The van der Waals surface area contributed by atoms with Gasteiger partial charge in [-0.25, -0.2) is 4.98 Å². The first-order chi connectivity index (χ1) is 9.56. The lowest BCUT2D eigenvalue weighted by Gasteiger charge is -2.32. The highest BCUT2D eigenvalue weighted by Crippen LogP contribution is 2.23. The van der Waals surface area contributed by atoms with Gasteiger partial charge in [0.15, 0.2) is 0 Å². The van der Waals surface area contributed by atoms with Crippen molar-refractivity contribution in [1.29, 1.82) is 0 Å². The molecule has 8 heteroatoms. The minimum absolute atomic E-state index is 0.0484. The van der Waals surface area contributed by atoms with E-state index in [1.54, 1.807) is 0 Å². The molecule has 0 atom stereocenters. The van der Waals surface area contributed by atoms with Gasteiger partial charge in [-0.2, -0.15) is 0 Å². The highest BCUT2D eigenvalue weighted by Gasteiger charge is 2.17. The van der Waals surface area contributed by atoms with Crippen LogP contribution in [0.5, 0.6) is 0 Å². The van der Waals surface area contributed by atoms with Crippen molar-refractivity contribution in [2.75, 3.05) is 51.6 Å². The van der Waals surface area contributed by atoms with E-state index >= 15 is 0 Å². The Hall–Kier alpha value is -1.44. The first kappa shape index (κ1) is 15.0. The second kappa shape index (κ2) is 6.83. The van der Waals surface area contributed by atoms with E-state index in [-0.39, 0.29) is 16.7 Å². The van der Waals surface area contributed by atoms with E-state index in [0.717, 1.165) is 32.7 Å². The molecule has 0 aromatic carbocycles. The van der Waals surface area contributed by atoms with E-state index in [1.807, 2.05) is 0 Å². The van der Waals surface area contributed by atoms with Gasteiger partial charge in [0.05, 0.1) is 4.92 Å². The Labute approximate surface area is 122 Å².